The lowest BCUT2D eigenvalue weighted by Gasteiger charge is -2.37. The van der Waals surface area contributed by atoms with Crippen molar-refractivity contribution in [3.63, 3.8) is 0 Å². The fraction of sp³-hybridized carbons (Fsp3) is 0.435. The van der Waals surface area contributed by atoms with E-state index in [9.17, 15) is 4.79 Å². The summed E-state index contributed by atoms with van der Waals surface area (Å²) in [6, 6.07) is 16.5. The smallest absolute Gasteiger partial charge is 0.335 e. The highest BCUT2D eigenvalue weighted by Gasteiger charge is 2.19. The van der Waals surface area contributed by atoms with E-state index in [1.165, 1.54) is 43.4 Å². The molecule has 2 aliphatic rings. The van der Waals surface area contributed by atoms with E-state index in [0.717, 1.165) is 37.8 Å². The molecule has 1 saturated carbocycles. The highest BCUT2D eigenvalue weighted by Crippen LogP contribution is 2.33. The lowest BCUT2D eigenvalue weighted by atomic mass is 9.84. The molecule has 1 saturated heterocycles. The molecule has 142 valence electrons. The van der Waals surface area contributed by atoms with Crippen LogP contribution in [0.15, 0.2) is 48.5 Å². The van der Waals surface area contributed by atoms with Gasteiger partial charge in [-0.1, -0.05) is 31.4 Å². The molecule has 4 nitrogen and oxygen atoms in total. The van der Waals surface area contributed by atoms with E-state index in [1.807, 2.05) is 12.1 Å². The molecule has 0 aromatic heterocycles. The molecular formula is C23H28N2O2. The van der Waals surface area contributed by atoms with Crippen LogP contribution in [-0.4, -0.2) is 37.3 Å². The molecule has 2 aromatic rings. The van der Waals surface area contributed by atoms with Crippen molar-refractivity contribution in [1.29, 1.82) is 0 Å². The van der Waals surface area contributed by atoms with Crippen molar-refractivity contribution >= 4 is 17.3 Å². The van der Waals surface area contributed by atoms with Gasteiger partial charge in [-0.05, 0) is 60.7 Å². The average molecular weight is 364 g/mol. The zero-order valence-corrected chi connectivity index (χ0v) is 15.8. The summed E-state index contributed by atoms with van der Waals surface area (Å²) < 4.78 is 0. The number of nitrogens with zero attached hydrogens (tertiary/aromatic N) is 2. The average Bonchev–Trinajstić information content (AvgIpc) is 2.75. The molecule has 0 atom stereocenters. The van der Waals surface area contributed by atoms with Crippen LogP contribution in [0.25, 0.3) is 0 Å². The van der Waals surface area contributed by atoms with Gasteiger partial charge in [-0.15, -0.1) is 0 Å². The summed E-state index contributed by atoms with van der Waals surface area (Å²) >= 11 is 0. The second-order valence-corrected chi connectivity index (χ2v) is 7.75. The Morgan fingerprint density at radius 1 is 0.741 bits per heavy atom. The quantitative estimate of drug-likeness (QED) is 0.849. The standard InChI is InChI=1S/C23H28N2O2/c26-23(27)20-8-12-22(13-9-20)25-16-14-24(15-17-25)21-10-6-19(7-11-21)18-4-2-1-3-5-18/h6-13,18H,1-5,14-17H2,(H,26,27). The number of rotatable bonds is 4. The van der Waals surface area contributed by atoms with E-state index in [1.54, 1.807) is 12.1 Å². The Kier molecular flexibility index (Phi) is 5.33. The van der Waals surface area contributed by atoms with E-state index in [0.29, 0.717) is 5.56 Å². The van der Waals surface area contributed by atoms with Crippen molar-refractivity contribution < 1.29 is 9.90 Å². The minimum absolute atomic E-state index is 0.343. The first kappa shape index (κ1) is 17.9. The fourth-order valence-corrected chi connectivity index (χ4v) is 4.43. The molecule has 1 N–H and O–H groups in total. The van der Waals surface area contributed by atoms with E-state index in [-0.39, 0.29) is 0 Å². The van der Waals surface area contributed by atoms with Gasteiger partial charge in [0.25, 0.3) is 0 Å². The Bertz CT molecular complexity index is 756. The van der Waals surface area contributed by atoms with Crippen LogP contribution in [0, 0.1) is 0 Å². The first-order chi connectivity index (χ1) is 13.2. The third kappa shape index (κ3) is 4.10. The third-order valence-corrected chi connectivity index (χ3v) is 6.09. The topological polar surface area (TPSA) is 43.8 Å². The Hall–Kier alpha value is -2.49. The summed E-state index contributed by atoms with van der Waals surface area (Å²) in [5.41, 5.74) is 4.27. The molecular weight excluding hydrogens is 336 g/mol. The van der Waals surface area contributed by atoms with Crippen molar-refractivity contribution in [2.24, 2.45) is 0 Å². The third-order valence-electron chi connectivity index (χ3n) is 6.09. The van der Waals surface area contributed by atoms with Crippen molar-refractivity contribution in [2.45, 2.75) is 38.0 Å². The summed E-state index contributed by atoms with van der Waals surface area (Å²) in [7, 11) is 0. The SMILES string of the molecule is O=C(O)c1ccc(N2CCN(c3ccc(C4CCCCC4)cc3)CC2)cc1. The molecule has 0 radical (unpaired) electrons. The number of carboxylic acid groups (broad SMARTS) is 1. The van der Waals surface area contributed by atoms with Crippen LogP contribution in [0.2, 0.25) is 0 Å². The number of carboxylic acids is 1. The lowest BCUT2D eigenvalue weighted by molar-refractivity contribution is 0.0697. The number of aromatic carboxylic acids is 1. The fourth-order valence-electron chi connectivity index (χ4n) is 4.43. The van der Waals surface area contributed by atoms with E-state index in [2.05, 4.69) is 34.1 Å². The van der Waals surface area contributed by atoms with Gasteiger partial charge in [0.15, 0.2) is 0 Å². The zero-order valence-electron chi connectivity index (χ0n) is 15.8. The van der Waals surface area contributed by atoms with Crippen molar-refractivity contribution in [3.05, 3.63) is 59.7 Å². The van der Waals surface area contributed by atoms with Crippen LogP contribution in [0.5, 0.6) is 0 Å². The second kappa shape index (κ2) is 8.03. The number of hydrogen-bond donors (Lipinski definition) is 1. The molecule has 0 amide bonds. The molecule has 2 aromatic carbocycles. The highest BCUT2D eigenvalue weighted by atomic mass is 16.4. The van der Waals surface area contributed by atoms with Crippen LogP contribution in [0.3, 0.4) is 0 Å². The predicted molar refractivity (Wildman–Crippen MR) is 110 cm³/mol. The van der Waals surface area contributed by atoms with Crippen LogP contribution in [-0.2, 0) is 0 Å². The number of benzene rings is 2. The van der Waals surface area contributed by atoms with E-state index < -0.39 is 5.97 Å². The summed E-state index contributed by atoms with van der Waals surface area (Å²) in [6.07, 6.45) is 6.85. The summed E-state index contributed by atoms with van der Waals surface area (Å²) in [5, 5.41) is 9.03. The van der Waals surface area contributed by atoms with Gasteiger partial charge in [-0.3, -0.25) is 0 Å². The van der Waals surface area contributed by atoms with Gasteiger partial charge in [0, 0.05) is 37.6 Å². The maximum absolute atomic E-state index is 11.0. The molecule has 0 bridgehead atoms. The molecule has 4 heteroatoms. The maximum atomic E-state index is 11.0. The van der Waals surface area contributed by atoms with Crippen LogP contribution >= 0.6 is 0 Å². The molecule has 1 aliphatic carbocycles. The molecule has 1 heterocycles. The van der Waals surface area contributed by atoms with Crippen LogP contribution in [0.4, 0.5) is 11.4 Å². The predicted octanol–water partition coefficient (Wildman–Crippen LogP) is 4.76. The molecule has 4 rings (SSSR count). The normalized spacial score (nSPS) is 18.5. The Morgan fingerprint density at radius 2 is 1.22 bits per heavy atom. The monoisotopic (exact) mass is 364 g/mol. The Balaban J connectivity index is 1.35. The largest absolute Gasteiger partial charge is 0.478 e. The first-order valence-corrected chi connectivity index (χ1v) is 10.1. The molecule has 27 heavy (non-hydrogen) atoms. The number of carbonyl (C=O) groups is 1. The Morgan fingerprint density at radius 3 is 1.70 bits per heavy atom. The van der Waals surface area contributed by atoms with Gasteiger partial charge in [0.1, 0.15) is 0 Å². The highest BCUT2D eigenvalue weighted by molar-refractivity contribution is 5.88. The van der Waals surface area contributed by atoms with E-state index >= 15 is 0 Å². The number of hydrogen-bond acceptors (Lipinski definition) is 3. The summed E-state index contributed by atoms with van der Waals surface area (Å²) in [6.45, 7) is 3.89. The maximum Gasteiger partial charge on any atom is 0.335 e. The van der Waals surface area contributed by atoms with Crippen molar-refractivity contribution in [1.82, 2.24) is 0 Å². The van der Waals surface area contributed by atoms with Gasteiger partial charge < -0.3 is 14.9 Å². The van der Waals surface area contributed by atoms with Crippen molar-refractivity contribution in [3.8, 4) is 0 Å². The molecule has 0 unspecified atom stereocenters. The van der Waals surface area contributed by atoms with Crippen LogP contribution < -0.4 is 9.80 Å². The number of anilines is 2. The van der Waals surface area contributed by atoms with Gasteiger partial charge in [0.05, 0.1) is 5.56 Å². The number of piperazine rings is 1. The molecule has 0 spiro atoms. The lowest BCUT2D eigenvalue weighted by Crippen LogP contribution is -2.46. The van der Waals surface area contributed by atoms with E-state index in [4.69, 9.17) is 5.11 Å². The van der Waals surface area contributed by atoms with Gasteiger partial charge in [0.2, 0.25) is 0 Å². The summed E-state index contributed by atoms with van der Waals surface area (Å²) in [5.74, 6) is -0.110. The van der Waals surface area contributed by atoms with Gasteiger partial charge in [-0.2, -0.15) is 0 Å². The second-order valence-electron chi connectivity index (χ2n) is 7.75. The molecule has 2 fully saturated rings. The summed E-state index contributed by atoms with van der Waals surface area (Å²) in [4.78, 5) is 15.8. The van der Waals surface area contributed by atoms with Gasteiger partial charge in [-0.25, -0.2) is 4.79 Å². The first-order valence-electron chi connectivity index (χ1n) is 10.1. The van der Waals surface area contributed by atoms with Crippen LogP contribution in [0.1, 0.15) is 53.9 Å². The Labute approximate surface area is 161 Å². The minimum Gasteiger partial charge on any atom is -0.478 e. The molecule has 1 aliphatic heterocycles. The van der Waals surface area contributed by atoms with Gasteiger partial charge >= 0.3 is 5.97 Å². The van der Waals surface area contributed by atoms with Crippen molar-refractivity contribution in [2.75, 3.05) is 36.0 Å². The minimum atomic E-state index is -0.872. The zero-order chi connectivity index (χ0) is 18.6.